The first-order valence-corrected chi connectivity index (χ1v) is 11.0. The third-order valence-corrected chi connectivity index (χ3v) is 6.28. The number of nitrogens with one attached hydrogen (secondary N) is 2. The average molecular weight is 406 g/mol. The molecule has 0 atom stereocenters. The monoisotopic (exact) mass is 405 g/mol. The number of sulfonamides is 1. The Balaban J connectivity index is 1.60. The zero-order chi connectivity index (χ0) is 20.4. The van der Waals surface area contributed by atoms with E-state index in [9.17, 15) is 13.2 Å². The van der Waals surface area contributed by atoms with E-state index in [1.54, 1.807) is 30.6 Å². The maximum absolute atomic E-state index is 12.9. The molecule has 0 spiro atoms. The Morgan fingerprint density at radius 3 is 2.46 bits per heavy atom. The van der Waals surface area contributed by atoms with E-state index >= 15 is 0 Å². The molecule has 8 heteroatoms. The fourth-order valence-electron chi connectivity index (χ4n) is 3.44. The summed E-state index contributed by atoms with van der Waals surface area (Å²) in [7, 11) is -3.64. The maximum atomic E-state index is 12.9. The number of hydrogen-bond donors (Lipinski definition) is 2. The molecule has 152 valence electrons. The van der Waals surface area contributed by atoms with Gasteiger partial charge in [-0.25, -0.2) is 17.9 Å². The third kappa shape index (κ3) is 5.20. The van der Waals surface area contributed by atoms with Crippen molar-refractivity contribution in [3.05, 3.63) is 36.7 Å². The van der Waals surface area contributed by atoms with Crippen LogP contribution >= 0.6 is 0 Å². The van der Waals surface area contributed by atoms with Gasteiger partial charge in [-0.1, -0.05) is 12.1 Å². The molecule has 1 aromatic heterocycles. The lowest BCUT2D eigenvalue weighted by molar-refractivity contribution is 0.0490. The van der Waals surface area contributed by atoms with Gasteiger partial charge in [0.15, 0.2) is 0 Å². The number of alkyl carbamates (subject to hydrolysis) is 1. The highest BCUT2D eigenvalue weighted by molar-refractivity contribution is 7.89. The summed E-state index contributed by atoms with van der Waals surface area (Å²) < 4.78 is 33.9. The summed E-state index contributed by atoms with van der Waals surface area (Å²) in [5.41, 5.74) is -0.537. The summed E-state index contributed by atoms with van der Waals surface area (Å²) in [6, 6.07) is 6.74. The molecule has 1 saturated carbocycles. The number of rotatable bonds is 4. The molecule has 0 radical (unpaired) electrons. The van der Waals surface area contributed by atoms with Crippen molar-refractivity contribution in [3.8, 4) is 0 Å². The van der Waals surface area contributed by atoms with E-state index in [2.05, 4.69) is 15.0 Å². The Hall–Kier alpha value is -2.19. The van der Waals surface area contributed by atoms with Gasteiger partial charge in [0.05, 0.1) is 4.90 Å². The number of ether oxygens (including phenoxy) is 1. The van der Waals surface area contributed by atoms with Gasteiger partial charge in [0, 0.05) is 35.2 Å². The molecule has 1 aliphatic carbocycles. The van der Waals surface area contributed by atoms with Crippen LogP contribution in [0.4, 0.5) is 4.79 Å². The standard InChI is InChI=1S/C20H27N3O4S/c1-20(2,3)27-19(24)22-15-7-9-16(10-8-15)23-28(25,26)18-6-4-5-14-13-21-12-11-17(14)18/h4-6,11-13,15-16,23H,7-10H2,1-3H3,(H,22,24). The molecule has 3 rings (SSSR count). The summed E-state index contributed by atoms with van der Waals surface area (Å²) in [4.78, 5) is 16.2. The second kappa shape index (κ2) is 8.05. The zero-order valence-corrected chi connectivity index (χ0v) is 17.3. The topological polar surface area (TPSA) is 97.4 Å². The third-order valence-electron chi connectivity index (χ3n) is 4.70. The van der Waals surface area contributed by atoms with Crippen LogP contribution in [0.1, 0.15) is 46.5 Å². The minimum Gasteiger partial charge on any atom is -0.444 e. The summed E-state index contributed by atoms with van der Waals surface area (Å²) in [5, 5.41) is 4.31. The van der Waals surface area contributed by atoms with Gasteiger partial charge < -0.3 is 10.1 Å². The second-order valence-electron chi connectivity index (χ2n) is 8.17. The number of carbonyl (C=O) groups is 1. The van der Waals surface area contributed by atoms with Crippen LogP contribution < -0.4 is 10.0 Å². The molecule has 28 heavy (non-hydrogen) atoms. The first-order chi connectivity index (χ1) is 13.1. The van der Waals surface area contributed by atoms with Crippen LogP contribution in [0.15, 0.2) is 41.6 Å². The fraction of sp³-hybridized carbons (Fsp3) is 0.500. The number of benzene rings is 1. The van der Waals surface area contributed by atoms with Crippen molar-refractivity contribution in [3.63, 3.8) is 0 Å². The number of hydrogen-bond acceptors (Lipinski definition) is 5. The van der Waals surface area contributed by atoms with Gasteiger partial charge in [-0.2, -0.15) is 0 Å². The van der Waals surface area contributed by atoms with E-state index in [0.717, 1.165) is 5.39 Å². The number of pyridine rings is 1. The normalized spacial score (nSPS) is 20.7. The van der Waals surface area contributed by atoms with Crippen molar-refractivity contribution in [2.24, 2.45) is 0 Å². The lowest BCUT2D eigenvalue weighted by Crippen LogP contribution is -2.45. The molecule has 1 heterocycles. The van der Waals surface area contributed by atoms with Crippen LogP contribution in [0.3, 0.4) is 0 Å². The van der Waals surface area contributed by atoms with Crippen molar-refractivity contribution in [1.82, 2.24) is 15.0 Å². The van der Waals surface area contributed by atoms with Crippen molar-refractivity contribution >= 4 is 26.9 Å². The number of fused-ring (bicyclic) bond motifs is 1. The Morgan fingerprint density at radius 2 is 1.79 bits per heavy atom. The fourth-order valence-corrected chi connectivity index (χ4v) is 4.97. The number of nitrogens with zero attached hydrogens (tertiary/aromatic N) is 1. The lowest BCUT2D eigenvalue weighted by atomic mass is 9.92. The number of amides is 1. The average Bonchev–Trinajstić information content (AvgIpc) is 2.61. The molecular formula is C20H27N3O4S. The van der Waals surface area contributed by atoms with Crippen molar-refractivity contribution in [2.75, 3.05) is 0 Å². The van der Waals surface area contributed by atoms with Gasteiger partial charge in [-0.15, -0.1) is 0 Å². The first-order valence-electron chi connectivity index (χ1n) is 9.49. The molecule has 1 aromatic carbocycles. The summed E-state index contributed by atoms with van der Waals surface area (Å²) >= 11 is 0. The van der Waals surface area contributed by atoms with Crippen molar-refractivity contribution in [2.45, 2.75) is 69.0 Å². The molecule has 7 nitrogen and oxygen atoms in total. The SMILES string of the molecule is CC(C)(C)OC(=O)NC1CCC(NS(=O)(=O)c2cccc3cnccc23)CC1. The van der Waals surface area contributed by atoms with E-state index in [-0.39, 0.29) is 17.0 Å². The van der Waals surface area contributed by atoms with Crippen LogP contribution in [-0.2, 0) is 14.8 Å². The maximum Gasteiger partial charge on any atom is 0.407 e. The van der Waals surface area contributed by atoms with E-state index in [4.69, 9.17) is 4.74 Å². The number of carbonyl (C=O) groups excluding carboxylic acids is 1. The van der Waals surface area contributed by atoms with Crippen LogP contribution in [0.25, 0.3) is 10.8 Å². The lowest BCUT2D eigenvalue weighted by Gasteiger charge is -2.30. The Kier molecular flexibility index (Phi) is 5.90. The molecule has 2 N–H and O–H groups in total. The van der Waals surface area contributed by atoms with E-state index in [0.29, 0.717) is 31.1 Å². The highest BCUT2D eigenvalue weighted by Crippen LogP contribution is 2.25. The van der Waals surface area contributed by atoms with E-state index in [1.807, 2.05) is 26.8 Å². The largest absolute Gasteiger partial charge is 0.444 e. The Bertz CT molecular complexity index is 940. The van der Waals surface area contributed by atoms with E-state index in [1.165, 1.54) is 0 Å². The summed E-state index contributed by atoms with van der Waals surface area (Å²) in [6.07, 6.45) is 5.54. The number of aromatic nitrogens is 1. The second-order valence-corrected chi connectivity index (χ2v) is 9.85. The quantitative estimate of drug-likeness (QED) is 0.813. The minimum absolute atomic E-state index is 0.000709. The van der Waals surface area contributed by atoms with Gasteiger partial charge in [0.2, 0.25) is 10.0 Å². The Labute approximate surface area is 165 Å². The first kappa shape index (κ1) is 20.5. The summed E-state index contributed by atoms with van der Waals surface area (Å²) in [5.74, 6) is 0. The van der Waals surface area contributed by atoms with Crippen LogP contribution in [0.5, 0.6) is 0 Å². The Morgan fingerprint density at radius 1 is 1.11 bits per heavy atom. The minimum atomic E-state index is -3.64. The van der Waals surface area contributed by atoms with Crippen LogP contribution in [0, 0.1) is 0 Å². The zero-order valence-electron chi connectivity index (χ0n) is 16.4. The van der Waals surface area contributed by atoms with Crippen LogP contribution in [-0.4, -0.2) is 37.2 Å². The molecule has 1 amide bonds. The van der Waals surface area contributed by atoms with Crippen molar-refractivity contribution < 1.29 is 17.9 Å². The van der Waals surface area contributed by atoms with Gasteiger partial charge >= 0.3 is 6.09 Å². The predicted molar refractivity (Wildman–Crippen MR) is 107 cm³/mol. The van der Waals surface area contributed by atoms with Crippen LogP contribution in [0.2, 0.25) is 0 Å². The smallest absolute Gasteiger partial charge is 0.407 e. The van der Waals surface area contributed by atoms with Crippen molar-refractivity contribution in [1.29, 1.82) is 0 Å². The molecular weight excluding hydrogens is 378 g/mol. The molecule has 0 unspecified atom stereocenters. The molecule has 0 saturated heterocycles. The highest BCUT2D eigenvalue weighted by Gasteiger charge is 2.28. The molecule has 2 aromatic rings. The van der Waals surface area contributed by atoms with E-state index < -0.39 is 21.7 Å². The highest BCUT2D eigenvalue weighted by atomic mass is 32.2. The van der Waals surface area contributed by atoms with Gasteiger partial charge in [-0.05, 0) is 58.6 Å². The molecule has 1 fully saturated rings. The molecule has 0 aliphatic heterocycles. The molecule has 1 aliphatic rings. The summed E-state index contributed by atoms with van der Waals surface area (Å²) in [6.45, 7) is 5.46. The predicted octanol–water partition coefficient (Wildman–Crippen LogP) is 3.35. The van der Waals surface area contributed by atoms with Gasteiger partial charge in [-0.3, -0.25) is 4.98 Å². The van der Waals surface area contributed by atoms with Gasteiger partial charge in [0.1, 0.15) is 5.60 Å². The molecule has 0 bridgehead atoms. The van der Waals surface area contributed by atoms with Gasteiger partial charge in [0.25, 0.3) is 0 Å².